The normalized spacial score (nSPS) is 10.2. The summed E-state index contributed by atoms with van der Waals surface area (Å²) in [4.78, 5) is 25.3. The molecule has 0 saturated carbocycles. The third-order valence-electron chi connectivity index (χ3n) is 2.03. The molecule has 19 heavy (non-hydrogen) atoms. The van der Waals surface area contributed by atoms with Crippen LogP contribution >= 0.6 is 0 Å². The van der Waals surface area contributed by atoms with Crippen LogP contribution < -0.4 is 4.74 Å². The minimum Gasteiger partial charge on any atom is -0.478 e. The van der Waals surface area contributed by atoms with Crippen LogP contribution in [0.2, 0.25) is 0 Å². The van der Waals surface area contributed by atoms with E-state index in [-0.39, 0.29) is 43.4 Å². The maximum atomic E-state index is 11.0. The van der Waals surface area contributed by atoms with Gasteiger partial charge in [-0.2, -0.15) is 0 Å². The number of aliphatic hydroxyl groups excluding tert-OH is 1. The zero-order valence-electron chi connectivity index (χ0n) is 9.90. The van der Waals surface area contributed by atoms with Gasteiger partial charge in [0, 0.05) is 6.20 Å². The van der Waals surface area contributed by atoms with Crippen molar-refractivity contribution in [3.8, 4) is 5.88 Å². The van der Waals surface area contributed by atoms with E-state index in [0.717, 1.165) is 12.3 Å². The lowest BCUT2D eigenvalue weighted by atomic mass is 10.2. The van der Waals surface area contributed by atoms with Crippen LogP contribution in [-0.2, 0) is 4.74 Å². The van der Waals surface area contributed by atoms with Crippen LogP contribution in [0.4, 0.5) is 0 Å². The topological polar surface area (TPSA) is 126 Å². The average Bonchev–Trinajstić information content (AvgIpc) is 2.38. The number of carbonyl (C=O) groups is 2. The molecule has 0 aliphatic rings. The molecular weight excluding hydrogens is 258 g/mol. The maximum absolute atomic E-state index is 11.0. The Morgan fingerprint density at radius 3 is 2.47 bits per heavy atom. The molecule has 8 nitrogen and oxygen atoms in total. The number of carboxylic acids is 2. The molecule has 1 aromatic rings. The molecule has 0 unspecified atom stereocenters. The van der Waals surface area contributed by atoms with E-state index < -0.39 is 11.9 Å². The summed E-state index contributed by atoms with van der Waals surface area (Å²) in [5.41, 5.74) is -0.566. The summed E-state index contributed by atoms with van der Waals surface area (Å²) in [6.07, 6.45) is 1.01. The van der Waals surface area contributed by atoms with E-state index in [2.05, 4.69) is 4.98 Å². The van der Waals surface area contributed by atoms with Crippen molar-refractivity contribution in [2.75, 3.05) is 26.4 Å². The van der Waals surface area contributed by atoms with Crippen molar-refractivity contribution in [3.63, 3.8) is 0 Å². The predicted molar refractivity (Wildman–Crippen MR) is 61.6 cm³/mol. The highest BCUT2D eigenvalue weighted by Crippen LogP contribution is 2.16. The summed E-state index contributed by atoms with van der Waals surface area (Å²) in [5.74, 6) is -2.78. The van der Waals surface area contributed by atoms with Crippen molar-refractivity contribution in [2.24, 2.45) is 0 Å². The molecule has 8 heteroatoms. The average molecular weight is 271 g/mol. The summed E-state index contributed by atoms with van der Waals surface area (Å²) < 4.78 is 10.0. The molecule has 0 bridgehead atoms. The molecule has 0 saturated heterocycles. The molecular formula is C11H13NO7. The van der Waals surface area contributed by atoms with Crippen LogP contribution in [0.25, 0.3) is 0 Å². The fourth-order valence-corrected chi connectivity index (χ4v) is 1.20. The number of hydrogen-bond donors (Lipinski definition) is 3. The zero-order valence-corrected chi connectivity index (χ0v) is 9.90. The Hall–Kier alpha value is -2.19. The lowest BCUT2D eigenvalue weighted by molar-refractivity contribution is 0.0648. The SMILES string of the molecule is O=C(O)c1cnc(OCCOCCO)c(C(=O)O)c1. The van der Waals surface area contributed by atoms with Gasteiger partial charge in [-0.25, -0.2) is 14.6 Å². The van der Waals surface area contributed by atoms with Crippen LogP contribution in [0.15, 0.2) is 12.3 Å². The van der Waals surface area contributed by atoms with Crippen LogP contribution in [0.1, 0.15) is 20.7 Å². The Balaban J connectivity index is 2.71. The Kier molecular flexibility index (Phi) is 5.71. The summed E-state index contributed by atoms with van der Waals surface area (Å²) in [6, 6.07) is 0.974. The molecule has 0 aromatic carbocycles. The quantitative estimate of drug-likeness (QED) is 0.558. The number of ether oxygens (including phenoxy) is 2. The van der Waals surface area contributed by atoms with Crippen molar-refractivity contribution in [1.29, 1.82) is 0 Å². The monoisotopic (exact) mass is 271 g/mol. The molecule has 3 N–H and O–H groups in total. The maximum Gasteiger partial charge on any atom is 0.341 e. The van der Waals surface area contributed by atoms with E-state index in [1.54, 1.807) is 0 Å². The van der Waals surface area contributed by atoms with Crippen LogP contribution in [-0.4, -0.2) is 58.7 Å². The summed E-state index contributed by atoms with van der Waals surface area (Å²) in [5, 5.41) is 26.1. The first kappa shape index (κ1) is 14.9. The molecule has 0 aliphatic heterocycles. The van der Waals surface area contributed by atoms with Gasteiger partial charge in [-0.05, 0) is 6.07 Å². The molecule has 0 atom stereocenters. The van der Waals surface area contributed by atoms with Gasteiger partial charge < -0.3 is 24.8 Å². The molecule has 104 valence electrons. The molecule has 0 radical (unpaired) electrons. The number of carboxylic acid groups (broad SMARTS) is 2. The van der Waals surface area contributed by atoms with E-state index >= 15 is 0 Å². The standard InChI is InChI=1S/C11H13NO7/c13-1-2-18-3-4-19-9-8(11(16)17)5-7(6-12-9)10(14)15/h5-6,13H,1-4H2,(H,14,15)(H,16,17). The number of rotatable bonds is 8. The minimum atomic E-state index is -1.33. The van der Waals surface area contributed by atoms with E-state index in [9.17, 15) is 9.59 Å². The van der Waals surface area contributed by atoms with Gasteiger partial charge in [-0.3, -0.25) is 0 Å². The van der Waals surface area contributed by atoms with E-state index in [1.807, 2.05) is 0 Å². The van der Waals surface area contributed by atoms with Crippen molar-refractivity contribution >= 4 is 11.9 Å². The number of pyridine rings is 1. The Labute approximate surface area is 108 Å². The third-order valence-corrected chi connectivity index (χ3v) is 2.03. The van der Waals surface area contributed by atoms with E-state index in [4.69, 9.17) is 24.8 Å². The van der Waals surface area contributed by atoms with Gasteiger partial charge in [-0.1, -0.05) is 0 Å². The highest BCUT2D eigenvalue weighted by Gasteiger charge is 2.16. The second kappa shape index (κ2) is 7.29. The smallest absolute Gasteiger partial charge is 0.341 e. The molecule has 1 aromatic heterocycles. The van der Waals surface area contributed by atoms with E-state index in [1.165, 1.54) is 0 Å². The molecule has 1 heterocycles. The van der Waals surface area contributed by atoms with Crippen molar-refractivity contribution < 1.29 is 34.4 Å². The van der Waals surface area contributed by atoms with Gasteiger partial charge in [0.2, 0.25) is 5.88 Å². The number of hydrogen-bond acceptors (Lipinski definition) is 6. The molecule has 0 amide bonds. The first-order valence-corrected chi connectivity index (χ1v) is 5.34. The number of aromatic nitrogens is 1. The highest BCUT2D eigenvalue weighted by atomic mass is 16.5. The molecule has 0 aliphatic carbocycles. The van der Waals surface area contributed by atoms with Gasteiger partial charge in [0.15, 0.2) is 0 Å². The van der Waals surface area contributed by atoms with Gasteiger partial charge in [0.1, 0.15) is 12.2 Å². The minimum absolute atomic E-state index is 0.0414. The largest absolute Gasteiger partial charge is 0.478 e. The first-order valence-electron chi connectivity index (χ1n) is 5.34. The fraction of sp³-hybridized carbons (Fsp3) is 0.364. The van der Waals surface area contributed by atoms with Gasteiger partial charge in [0.25, 0.3) is 0 Å². The lowest BCUT2D eigenvalue weighted by Crippen LogP contribution is -2.13. The fourth-order valence-electron chi connectivity index (χ4n) is 1.20. The van der Waals surface area contributed by atoms with Crippen LogP contribution in [0.5, 0.6) is 5.88 Å². The zero-order chi connectivity index (χ0) is 14.3. The van der Waals surface area contributed by atoms with Crippen LogP contribution in [0.3, 0.4) is 0 Å². The molecule has 1 rings (SSSR count). The molecule has 0 spiro atoms. The number of aliphatic hydroxyl groups is 1. The Morgan fingerprint density at radius 1 is 1.16 bits per heavy atom. The van der Waals surface area contributed by atoms with Gasteiger partial charge >= 0.3 is 11.9 Å². The lowest BCUT2D eigenvalue weighted by Gasteiger charge is -2.08. The van der Waals surface area contributed by atoms with E-state index in [0.29, 0.717) is 0 Å². The second-order valence-corrected chi connectivity index (χ2v) is 3.37. The van der Waals surface area contributed by atoms with Crippen molar-refractivity contribution in [2.45, 2.75) is 0 Å². The Bertz CT molecular complexity index is 460. The van der Waals surface area contributed by atoms with Gasteiger partial charge in [0.05, 0.1) is 25.4 Å². The summed E-state index contributed by atoms with van der Waals surface area (Å²) in [7, 11) is 0. The third kappa shape index (κ3) is 4.53. The van der Waals surface area contributed by atoms with Crippen LogP contribution in [0, 0.1) is 0 Å². The first-order chi connectivity index (χ1) is 9.06. The Morgan fingerprint density at radius 2 is 1.89 bits per heavy atom. The predicted octanol–water partition coefficient (Wildman–Crippen LogP) is -0.134. The molecule has 0 fully saturated rings. The van der Waals surface area contributed by atoms with Crippen molar-refractivity contribution in [1.82, 2.24) is 4.98 Å². The number of nitrogens with zero attached hydrogens (tertiary/aromatic N) is 1. The van der Waals surface area contributed by atoms with Crippen molar-refractivity contribution in [3.05, 3.63) is 23.4 Å². The number of aromatic carboxylic acids is 2. The summed E-state index contributed by atoms with van der Waals surface area (Å²) in [6.45, 7) is 0.230. The summed E-state index contributed by atoms with van der Waals surface area (Å²) >= 11 is 0. The second-order valence-electron chi connectivity index (χ2n) is 3.37. The highest BCUT2D eigenvalue weighted by molar-refractivity contribution is 5.94. The van der Waals surface area contributed by atoms with Gasteiger partial charge in [-0.15, -0.1) is 0 Å².